The summed E-state index contributed by atoms with van der Waals surface area (Å²) in [6, 6.07) is 14.5. The average molecular weight is 853 g/mol. The fraction of sp³-hybridized carbons (Fsp3) is 0.439. The zero-order valence-electron chi connectivity index (χ0n) is 32.3. The van der Waals surface area contributed by atoms with Gasteiger partial charge in [-0.3, -0.25) is 34.3 Å². The molecule has 0 radical (unpaired) electrons. The number of imide groups is 1. The van der Waals surface area contributed by atoms with Gasteiger partial charge >= 0.3 is 6.18 Å². The van der Waals surface area contributed by atoms with E-state index in [1.165, 1.54) is 6.07 Å². The van der Waals surface area contributed by atoms with Crippen molar-refractivity contribution >= 4 is 76.1 Å². The molecule has 4 aliphatic rings. The Labute approximate surface area is 351 Å². The molecule has 4 amide bonds. The zero-order valence-corrected chi connectivity index (χ0v) is 33.9. The molecular formula is C41H44ClF3N8O5S. The van der Waals surface area contributed by atoms with Crippen LogP contribution in [0.15, 0.2) is 54.7 Å². The maximum absolute atomic E-state index is 13.9. The van der Waals surface area contributed by atoms with Gasteiger partial charge in [-0.1, -0.05) is 13.0 Å². The van der Waals surface area contributed by atoms with Crippen LogP contribution in [0.1, 0.15) is 75.1 Å². The van der Waals surface area contributed by atoms with E-state index in [2.05, 4.69) is 25.8 Å². The van der Waals surface area contributed by atoms with Crippen molar-refractivity contribution in [3.8, 4) is 11.8 Å². The van der Waals surface area contributed by atoms with E-state index in [0.717, 1.165) is 61.5 Å². The lowest BCUT2D eigenvalue weighted by Crippen LogP contribution is -2.55. The van der Waals surface area contributed by atoms with Gasteiger partial charge in [-0.15, -0.1) is 12.4 Å². The molecule has 18 heteroatoms. The monoisotopic (exact) mass is 852 g/mol. The molecule has 2 aromatic carbocycles. The van der Waals surface area contributed by atoms with Crippen molar-refractivity contribution in [3.63, 3.8) is 0 Å². The molecule has 3 aromatic rings. The summed E-state index contributed by atoms with van der Waals surface area (Å²) in [5.74, 6) is -0.0628. The van der Waals surface area contributed by atoms with Gasteiger partial charge in [-0.2, -0.15) is 18.4 Å². The SMILES string of the molecule is CCc1cc(N2C(=S)N(c3cnc(C#N)c(C(F)(F)F)c3)C(=O)C23CCC3)ccc1OCCC1CCN(CC(=O)Nc2cccc(NC3CCC(=O)NC3=O)c2)CC1.Cl. The number of nitrogens with one attached hydrogen (secondary N) is 3. The van der Waals surface area contributed by atoms with Crippen LogP contribution in [0.3, 0.4) is 0 Å². The van der Waals surface area contributed by atoms with E-state index in [0.29, 0.717) is 61.0 Å². The Morgan fingerprint density at radius 3 is 2.47 bits per heavy atom. The van der Waals surface area contributed by atoms with Crippen molar-refractivity contribution in [2.24, 2.45) is 5.92 Å². The number of benzene rings is 2. The number of anilines is 4. The first kappa shape index (κ1) is 43.3. The number of thiocarbonyl (C=S) groups is 1. The van der Waals surface area contributed by atoms with Crippen molar-refractivity contribution in [2.75, 3.05) is 46.7 Å². The highest BCUT2D eigenvalue weighted by Crippen LogP contribution is 2.49. The number of aryl methyl sites for hydroxylation is 1. The molecule has 3 N–H and O–H groups in total. The number of ether oxygens (including phenoxy) is 1. The topological polar surface area (TPSA) is 160 Å². The number of piperidine rings is 2. The predicted octanol–water partition coefficient (Wildman–Crippen LogP) is 6.35. The fourth-order valence-electron chi connectivity index (χ4n) is 8.10. The molecule has 3 aliphatic heterocycles. The average Bonchev–Trinajstić information content (AvgIpc) is 3.42. The Balaban J connectivity index is 0.00000585. The number of aromatic nitrogens is 1. The minimum Gasteiger partial charge on any atom is -0.493 e. The second-order valence-corrected chi connectivity index (χ2v) is 15.5. The molecule has 1 unspecified atom stereocenters. The maximum Gasteiger partial charge on any atom is 0.419 e. The van der Waals surface area contributed by atoms with Gasteiger partial charge in [0.15, 0.2) is 10.8 Å². The summed E-state index contributed by atoms with van der Waals surface area (Å²) in [5, 5.41) is 17.7. The summed E-state index contributed by atoms with van der Waals surface area (Å²) in [6.07, 6.45) is 1.94. The highest BCUT2D eigenvalue weighted by Gasteiger charge is 2.60. The molecular weight excluding hydrogens is 809 g/mol. The molecule has 7 rings (SSSR count). The summed E-state index contributed by atoms with van der Waals surface area (Å²) in [4.78, 5) is 59.1. The van der Waals surface area contributed by atoms with Crippen LogP contribution in [-0.2, 0) is 31.8 Å². The molecule has 1 saturated carbocycles. The lowest BCUT2D eigenvalue weighted by molar-refractivity contribution is -0.138. The summed E-state index contributed by atoms with van der Waals surface area (Å²) in [7, 11) is 0. The number of alkyl halides is 3. The molecule has 1 atom stereocenters. The summed E-state index contributed by atoms with van der Waals surface area (Å²) >= 11 is 5.78. The maximum atomic E-state index is 13.9. The van der Waals surface area contributed by atoms with E-state index >= 15 is 0 Å². The van der Waals surface area contributed by atoms with E-state index in [4.69, 9.17) is 17.0 Å². The molecule has 13 nitrogen and oxygen atoms in total. The number of hydrogen-bond donors (Lipinski definition) is 3. The quantitative estimate of drug-likeness (QED) is 0.138. The van der Waals surface area contributed by atoms with Gasteiger partial charge in [0.2, 0.25) is 17.7 Å². The van der Waals surface area contributed by atoms with Crippen molar-refractivity contribution in [3.05, 3.63) is 71.5 Å². The molecule has 4 fully saturated rings. The van der Waals surface area contributed by atoms with Crippen molar-refractivity contribution in [2.45, 2.75) is 82.5 Å². The number of rotatable bonds is 12. The molecule has 4 heterocycles. The van der Waals surface area contributed by atoms with Crippen LogP contribution in [0.2, 0.25) is 0 Å². The number of nitriles is 1. The molecule has 312 valence electrons. The Hall–Kier alpha value is -5.31. The van der Waals surface area contributed by atoms with Crippen LogP contribution in [0.4, 0.5) is 35.9 Å². The van der Waals surface area contributed by atoms with Gasteiger partial charge < -0.3 is 20.3 Å². The van der Waals surface area contributed by atoms with Crippen LogP contribution in [0.5, 0.6) is 5.75 Å². The first-order chi connectivity index (χ1) is 27.8. The van der Waals surface area contributed by atoms with E-state index in [9.17, 15) is 37.6 Å². The van der Waals surface area contributed by atoms with Crippen LogP contribution in [-0.4, -0.2) is 76.4 Å². The summed E-state index contributed by atoms with van der Waals surface area (Å²) in [6.45, 7) is 4.28. The van der Waals surface area contributed by atoms with Crippen molar-refractivity contribution in [1.29, 1.82) is 5.26 Å². The van der Waals surface area contributed by atoms with E-state index in [1.54, 1.807) is 29.2 Å². The van der Waals surface area contributed by atoms with Crippen LogP contribution in [0.25, 0.3) is 0 Å². The van der Waals surface area contributed by atoms with Crippen LogP contribution >= 0.6 is 24.6 Å². The largest absolute Gasteiger partial charge is 0.493 e. The third kappa shape index (κ3) is 9.14. The molecule has 3 saturated heterocycles. The Morgan fingerprint density at radius 1 is 1.07 bits per heavy atom. The highest BCUT2D eigenvalue weighted by molar-refractivity contribution is 7.81. The van der Waals surface area contributed by atoms with Gasteiger partial charge in [-0.25, -0.2) is 4.98 Å². The van der Waals surface area contributed by atoms with Crippen molar-refractivity contribution < 1.29 is 37.1 Å². The molecule has 1 aliphatic carbocycles. The minimum absolute atomic E-state index is 0. The van der Waals surface area contributed by atoms with Gasteiger partial charge in [0.25, 0.3) is 5.91 Å². The number of halogens is 4. The number of pyridine rings is 1. The number of amides is 4. The Morgan fingerprint density at radius 2 is 1.81 bits per heavy atom. The second-order valence-electron chi connectivity index (χ2n) is 15.1. The first-order valence-electron chi connectivity index (χ1n) is 19.4. The number of nitrogens with zero attached hydrogens (tertiary/aromatic N) is 5. The Bertz CT molecular complexity index is 2170. The molecule has 1 spiro atoms. The predicted molar refractivity (Wildman–Crippen MR) is 220 cm³/mol. The summed E-state index contributed by atoms with van der Waals surface area (Å²) in [5.41, 5.74) is -0.327. The first-order valence-corrected chi connectivity index (χ1v) is 19.8. The second kappa shape index (κ2) is 17.9. The summed E-state index contributed by atoms with van der Waals surface area (Å²) < 4.78 is 47.7. The molecule has 1 aromatic heterocycles. The third-order valence-electron chi connectivity index (χ3n) is 11.4. The van der Waals surface area contributed by atoms with Crippen LogP contribution in [0, 0.1) is 17.2 Å². The third-order valence-corrected chi connectivity index (χ3v) is 11.8. The minimum atomic E-state index is -4.84. The van der Waals surface area contributed by atoms with Gasteiger partial charge in [0, 0.05) is 23.5 Å². The molecule has 0 bridgehead atoms. The van der Waals surface area contributed by atoms with Crippen LogP contribution < -0.4 is 30.5 Å². The highest BCUT2D eigenvalue weighted by atomic mass is 35.5. The van der Waals surface area contributed by atoms with E-state index < -0.39 is 34.9 Å². The fourth-order valence-corrected chi connectivity index (χ4v) is 8.57. The lowest BCUT2D eigenvalue weighted by atomic mass is 9.75. The molecule has 59 heavy (non-hydrogen) atoms. The van der Waals surface area contributed by atoms with Crippen molar-refractivity contribution in [1.82, 2.24) is 15.2 Å². The Kier molecular flexibility index (Phi) is 13.1. The standard InChI is InChI=1S/C41H43F3N8O5S.ClH/c1-2-26-19-29(52-39(58)51(38(56)40(52)14-4-15-40)30-21-31(41(42,43)44)33(22-45)46-23-30)7-9-34(26)57-18-13-25-11-16-50(17-12-25)24-36(54)48-28-6-3-5-27(20-28)47-32-8-10-35(53)49-37(32)55;/h3,5-7,9,19-21,23,25,32,47H,2,4,8,10-18,24H2,1H3,(H,48,54)(H,49,53,55);1H. The van der Waals surface area contributed by atoms with Gasteiger partial charge in [0.05, 0.1) is 30.6 Å². The number of likely N-dealkylation sites (tertiary alicyclic amines) is 1. The smallest absolute Gasteiger partial charge is 0.419 e. The zero-order chi connectivity index (χ0) is 41.2. The number of hydrogen-bond acceptors (Lipinski definition) is 10. The normalized spacial score (nSPS) is 19.5. The number of carbonyl (C=O) groups is 4. The number of carbonyl (C=O) groups excluding carboxylic acids is 4. The van der Waals surface area contributed by atoms with Gasteiger partial charge in [-0.05, 0) is 131 Å². The van der Waals surface area contributed by atoms with E-state index in [-0.39, 0.29) is 53.9 Å². The van der Waals surface area contributed by atoms with Gasteiger partial charge in [0.1, 0.15) is 23.4 Å². The van der Waals surface area contributed by atoms with E-state index in [1.807, 2.05) is 25.1 Å². The lowest BCUT2D eigenvalue weighted by Gasteiger charge is -2.43.